The molecule has 78 valence electrons. The van der Waals surface area contributed by atoms with E-state index in [4.69, 9.17) is 7.48 Å². The average Bonchev–Trinajstić information content (AvgIpc) is 2.26. The molecule has 1 nitrogen and oxygen atoms in total. The maximum Gasteiger partial charge on any atom is 0.133 e. The lowest BCUT2D eigenvalue weighted by Crippen LogP contribution is -1.87. The van der Waals surface area contributed by atoms with Gasteiger partial charge in [0.05, 0.1) is 7.11 Å². The molecular formula is C13H14OS. The van der Waals surface area contributed by atoms with Crippen molar-refractivity contribution in [2.75, 3.05) is 12.8 Å². The minimum absolute atomic E-state index is 0.722. The lowest BCUT2D eigenvalue weighted by Gasteiger charge is -2.08. The zero-order valence-electron chi connectivity index (χ0n) is 10.8. The van der Waals surface area contributed by atoms with E-state index in [-0.39, 0.29) is 0 Å². The molecule has 0 spiro atoms. The molecule has 0 unspecified atom stereocenters. The molecule has 0 N–H and O–H groups in total. The van der Waals surface area contributed by atoms with E-state index in [1.807, 2.05) is 36.4 Å². The Kier molecular flexibility index (Phi) is 2.46. The average molecular weight is 221 g/mol. The van der Waals surface area contributed by atoms with Crippen LogP contribution in [0.2, 0.25) is 0 Å². The van der Waals surface area contributed by atoms with Gasteiger partial charge in [-0.05, 0) is 28.6 Å². The number of rotatable bonds is 3. The highest BCUT2D eigenvalue weighted by molar-refractivity contribution is 7.99. The summed E-state index contributed by atoms with van der Waals surface area (Å²) in [6.07, 6.45) is 0. The lowest BCUT2D eigenvalue weighted by atomic mass is 10.1. The molecule has 0 radical (unpaired) electrons. The molecule has 0 saturated carbocycles. The van der Waals surface area contributed by atoms with Crippen molar-refractivity contribution in [3.8, 4) is 5.75 Å². The molecule has 2 heteroatoms. The number of hydrogen-bond acceptors (Lipinski definition) is 2. The van der Waals surface area contributed by atoms with Crippen molar-refractivity contribution in [2.45, 2.75) is 11.8 Å². The Balaban J connectivity index is 2.53. The van der Waals surface area contributed by atoms with E-state index in [1.165, 1.54) is 11.8 Å². The van der Waals surface area contributed by atoms with Gasteiger partial charge in [0.15, 0.2) is 0 Å². The third-order valence-corrected chi connectivity index (χ3v) is 2.99. The zero-order valence-corrected chi connectivity index (χ0v) is 9.60. The van der Waals surface area contributed by atoms with Crippen LogP contribution in [-0.2, 0) is 0 Å². The van der Waals surface area contributed by atoms with Gasteiger partial charge in [-0.2, -0.15) is 0 Å². The van der Waals surface area contributed by atoms with Gasteiger partial charge in [0, 0.05) is 7.64 Å². The Labute approximate surface area is 97.3 Å². The maximum absolute atomic E-state index is 7.62. The number of thioether (sulfide) groups is 1. The Morgan fingerprint density at radius 1 is 1.27 bits per heavy atom. The van der Waals surface area contributed by atoms with Crippen molar-refractivity contribution in [3.05, 3.63) is 36.4 Å². The Bertz CT molecular complexity index is 534. The number of ether oxygens (including phenoxy) is 1. The van der Waals surface area contributed by atoms with Crippen molar-refractivity contribution in [1.29, 1.82) is 0 Å². The van der Waals surface area contributed by atoms with Crippen LogP contribution in [0.15, 0.2) is 41.3 Å². The highest BCUT2D eigenvalue weighted by atomic mass is 32.2. The monoisotopic (exact) mass is 221 g/mol. The molecule has 15 heavy (non-hydrogen) atoms. The van der Waals surface area contributed by atoms with Crippen molar-refractivity contribution >= 4 is 22.5 Å². The third-order valence-electron chi connectivity index (χ3n) is 2.24. The molecule has 2 aromatic rings. The van der Waals surface area contributed by atoms with E-state index < -0.39 is 5.70 Å². The van der Waals surface area contributed by atoms with E-state index >= 15 is 0 Å². The Morgan fingerprint density at radius 3 is 2.53 bits per heavy atom. The fraction of sp³-hybridized carbons (Fsp3) is 0.231. The Hall–Kier alpha value is -1.15. The van der Waals surface area contributed by atoms with Gasteiger partial charge in [0.2, 0.25) is 0 Å². The van der Waals surface area contributed by atoms with E-state index in [0.717, 1.165) is 21.4 Å². The smallest absolute Gasteiger partial charge is 0.133 e. The van der Waals surface area contributed by atoms with Crippen molar-refractivity contribution in [3.63, 3.8) is 0 Å². The van der Waals surface area contributed by atoms with Crippen LogP contribution in [0.25, 0.3) is 10.8 Å². The molecule has 0 fully saturated rings. The van der Waals surface area contributed by atoms with Gasteiger partial charge in [0.25, 0.3) is 0 Å². The summed E-state index contributed by atoms with van der Waals surface area (Å²) in [6, 6.07) is 11.9. The van der Waals surface area contributed by atoms with Gasteiger partial charge in [-0.1, -0.05) is 31.2 Å². The summed E-state index contributed by atoms with van der Waals surface area (Å²) >= 11 is 1.18. The second-order valence-corrected chi connectivity index (χ2v) is 4.21. The first-order valence-electron chi connectivity index (χ1n) is 5.75. The van der Waals surface area contributed by atoms with Crippen molar-refractivity contribution in [1.82, 2.24) is 0 Å². The van der Waals surface area contributed by atoms with E-state index in [2.05, 4.69) is 0 Å². The quantitative estimate of drug-likeness (QED) is 0.573. The molecule has 0 atom stereocenters. The second-order valence-electron chi connectivity index (χ2n) is 3.16. The summed E-state index contributed by atoms with van der Waals surface area (Å²) in [5.74, 6) is 0.722. The number of fused-ring (bicyclic) bond motifs is 1. The summed E-state index contributed by atoms with van der Waals surface area (Å²) in [5, 5.41) is 2.20. The van der Waals surface area contributed by atoms with E-state index in [0.29, 0.717) is 0 Å². The van der Waals surface area contributed by atoms with Crippen LogP contribution in [-0.4, -0.2) is 12.8 Å². The number of methoxy groups -OCH3 is 1. The maximum atomic E-state index is 7.62. The van der Waals surface area contributed by atoms with Crippen molar-refractivity contribution in [2.24, 2.45) is 0 Å². The zero-order chi connectivity index (χ0) is 12.5. The van der Waals surface area contributed by atoms with E-state index in [9.17, 15) is 0 Å². The molecular weight excluding hydrogens is 205 g/mol. The van der Waals surface area contributed by atoms with Crippen LogP contribution < -0.4 is 4.74 Å². The van der Waals surface area contributed by atoms with Gasteiger partial charge >= 0.3 is 0 Å². The largest absolute Gasteiger partial charge is 0.496 e. The predicted molar refractivity (Wildman–Crippen MR) is 66.9 cm³/mol. The topological polar surface area (TPSA) is 9.23 Å². The van der Waals surface area contributed by atoms with Gasteiger partial charge < -0.3 is 4.74 Å². The highest BCUT2D eigenvalue weighted by Gasteiger charge is 2.04. The molecule has 0 aliphatic heterocycles. The van der Waals surface area contributed by atoms with Crippen LogP contribution in [0.5, 0.6) is 5.75 Å². The normalized spacial score (nSPS) is 13.5. The first-order valence-corrected chi connectivity index (χ1v) is 5.57. The summed E-state index contributed by atoms with van der Waals surface area (Å²) in [4.78, 5) is 0.832. The van der Waals surface area contributed by atoms with Crippen LogP contribution in [0.1, 0.15) is 9.67 Å². The minimum atomic E-state index is -1.31. The molecule has 0 aliphatic rings. The summed E-state index contributed by atoms with van der Waals surface area (Å²) in [6.45, 7) is 1.55. The fourth-order valence-electron chi connectivity index (χ4n) is 1.55. The molecule has 0 aromatic heterocycles. The van der Waals surface area contributed by atoms with Crippen LogP contribution in [0.4, 0.5) is 0 Å². The predicted octanol–water partition coefficient (Wildman–Crippen LogP) is 3.96. The van der Waals surface area contributed by atoms with Crippen LogP contribution in [0, 0.1) is 0 Å². The van der Waals surface area contributed by atoms with Gasteiger partial charge in [-0.3, -0.25) is 0 Å². The fourth-order valence-corrected chi connectivity index (χ4v) is 2.20. The Morgan fingerprint density at radius 2 is 1.93 bits per heavy atom. The van der Waals surface area contributed by atoms with Crippen LogP contribution in [0.3, 0.4) is 0 Å². The molecule has 0 saturated heterocycles. The summed E-state index contributed by atoms with van der Waals surface area (Å²) in [5.41, 5.74) is -1.31. The number of hydrogen-bond donors (Lipinski definition) is 0. The summed E-state index contributed by atoms with van der Waals surface area (Å²) in [7, 11) is 1.61. The summed E-state index contributed by atoms with van der Waals surface area (Å²) < 4.78 is 20.6. The van der Waals surface area contributed by atoms with Crippen LogP contribution >= 0.6 is 11.8 Å². The van der Waals surface area contributed by atoms with Gasteiger partial charge in [-0.15, -0.1) is 11.8 Å². The standard InChI is InChI=1S/C13H14OS/c1-3-15-13-9-11-7-5-4-6-10(11)8-12(13)14-2/h4-9H,3H2,1-2H3/i3+1D2. The van der Waals surface area contributed by atoms with E-state index in [1.54, 1.807) is 14.0 Å². The van der Waals surface area contributed by atoms with Gasteiger partial charge in [-0.25, -0.2) is 0 Å². The molecule has 0 bridgehead atoms. The molecule has 0 aliphatic carbocycles. The molecule has 2 aromatic carbocycles. The SMILES string of the molecule is [2H][13C]([2H])(C)Sc1cc2ccccc2cc1OC. The number of benzene rings is 2. The van der Waals surface area contributed by atoms with Gasteiger partial charge in [0.1, 0.15) is 5.75 Å². The third kappa shape index (κ3) is 2.10. The highest BCUT2D eigenvalue weighted by Crippen LogP contribution is 2.33. The first kappa shape index (κ1) is 8.05. The van der Waals surface area contributed by atoms with Crippen molar-refractivity contribution < 1.29 is 7.48 Å². The minimum Gasteiger partial charge on any atom is -0.496 e. The lowest BCUT2D eigenvalue weighted by molar-refractivity contribution is 0.405. The second kappa shape index (κ2) is 4.58. The first-order chi connectivity index (χ1) is 7.99. The molecule has 0 amide bonds. The molecule has 2 rings (SSSR count). The molecule has 0 heterocycles.